The average Bonchev–Trinajstić information content (AvgIpc) is 2.47. The van der Waals surface area contributed by atoms with E-state index in [1.54, 1.807) is 0 Å². The number of aliphatic hydroxyl groups is 1. The van der Waals surface area contributed by atoms with Gasteiger partial charge in [0.25, 0.3) is 0 Å². The maximum atomic E-state index is 9.29. The molecule has 2 rings (SSSR count). The van der Waals surface area contributed by atoms with E-state index >= 15 is 0 Å². The molecule has 1 fully saturated rings. The summed E-state index contributed by atoms with van der Waals surface area (Å²) < 4.78 is 5.57. The number of morpholine rings is 1. The molecular formula is C14H24N4O2. The summed E-state index contributed by atoms with van der Waals surface area (Å²) >= 11 is 0. The highest BCUT2D eigenvalue weighted by molar-refractivity contribution is 5.50. The topological polar surface area (TPSA) is 70.5 Å². The van der Waals surface area contributed by atoms with Gasteiger partial charge in [0.2, 0.25) is 0 Å². The van der Waals surface area contributed by atoms with Crippen LogP contribution in [0, 0.1) is 0 Å². The largest absolute Gasteiger partial charge is 0.394 e. The Bertz CT molecular complexity index is 453. The Kier molecular flexibility index (Phi) is 4.77. The van der Waals surface area contributed by atoms with Gasteiger partial charge in [0.15, 0.2) is 0 Å². The second-order valence-electron chi connectivity index (χ2n) is 5.51. The number of hydrogen-bond donors (Lipinski definition) is 2. The SMILES string of the molecule is CNc1cc(N2CC(CO)OCC2C)nc(C(C)C)n1. The Morgan fingerprint density at radius 2 is 2.25 bits per heavy atom. The quantitative estimate of drug-likeness (QED) is 0.864. The highest BCUT2D eigenvalue weighted by Gasteiger charge is 2.27. The summed E-state index contributed by atoms with van der Waals surface area (Å²) in [4.78, 5) is 11.3. The minimum absolute atomic E-state index is 0.0320. The van der Waals surface area contributed by atoms with Gasteiger partial charge in [-0.1, -0.05) is 13.8 Å². The molecule has 6 heteroatoms. The van der Waals surface area contributed by atoms with Crippen molar-refractivity contribution < 1.29 is 9.84 Å². The third-order valence-electron chi connectivity index (χ3n) is 3.51. The van der Waals surface area contributed by atoms with Crippen LogP contribution in [0.5, 0.6) is 0 Å². The number of rotatable bonds is 4. The first-order valence-electron chi connectivity index (χ1n) is 7.11. The van der Waals surface area contributed by atoms with Crippen molar-refractivity contribution in [1.82, 2.24) is 9.97 Å². The Morgan fingerprint density at radius 1 is 1.50 bits per heavy atom. The molecule has 1 aliphatic rings. The molecule has 6 nitrogen and oxygen atoms in total. The first-order chi connectivity index (χ1) is 9.55. The van der Waals surface area contributed by atoms with E-state index in [9.17, 15) is 5.11 Å². The maximum Gasteiger partial charge on any atom is 0.135 e. The minimum atomic E-state index is -0.151. The predicted molar refractivity (Wildman–Crippen MR) is 79.3 cm³/mol. The van der Waals surface area contributed by atoms with E-state index in [1.165, 1.54) is 0 Å². The van der Waals surface area contributed by atoms with Crippen LogP contribution in [0.1, 0.15) is 32.5 Å². The highest BCUT2D eigenvalue weighted by atomic mass is 16.5. The fourth-order valence-electron chi connectivity index (χ4n) is 2.23. The van der Waals surface area contributed by atoms with Crippen LogP contribution >= 0.6 is 0 Å². The third kappa shape index (κ3) is 3.19. The maximum absolute atomic E-state index is 9.29. The van der Waals surface area contributed by atoms with Crippen LogP contribution in [0.15, 0.2) is 6.07 Å². The molecule has 2 N–H and O–H groups in total. The molecule has 0 saturated carbocycles. The molecule has 1 saturated heterocycles. The normalized spacial score (nSPS) is 23.2. The Labute approximate surface area is 120 Å². The van der Waals surface area contributed by atoms with Crippen molar-refractivity contribution in [3.05, 3.63) is 11.9 Å². The lowest BCUT2D eigenvalue weighted by Gasteiger charge is -2.38. The molecule has 1 aromatic rings. The molecule has 112 valence electrons. The summed E-state index contributed by atoms with van der Waals surface area (Å²) in [6.45, 7) is 7.54. The van der Waals surface area contributed by atoms with E-state index in [0.29, 0.717) is 13.2 Å². The van der Waals surface area contributed by atoms with Gasteiger partial charge in [0, 0.05) is 25.6 Å². The molecular weight excluding hydrogens is 256 g/mol. The molecule has 1 aliphatic heterocycles. The third-order valence-corrected chi connectivity index (χ3v) is 3.51. The number of ether oxygens (including phenoxy) is 1. The van der Waals surface area contributed by atoms with Crippen molar-refractivity contribution >= 4 is 11.6 Å². The Hall–Kier alpha value is -1.40. The Balaban J connectivity index is 2.32. The summed E-state index contributed by atoms with van der Waals surface area (Å²) in [5.74, 6) is 2.80. The van der Waals surface area contributed by atoms with Crippen molar-refractivity contribution in [2.45, 2.75) is 38.8 Å². The molecule has 0 aliphatic carbocycles. The van der Waals surface area contributed by atoms with Crippen molar-refractivity contribution in [3.8, 4) is 0 Å². The van der Waals surface area contributed by atoms with Crippen LogP contribution in [0.3, 0.4) is 0 Å². The molecule has 0 radical (unpaired) electrons. The summed E-state index contributed by atoms with van der Waals surface area (Å²) in [5, 5.41) is 12.4. The van der Waals surface area contributed by atoms with E-state index in [2.05, 4.69) is 41.0 Å². The van der Waals surface area contributed by atoms with E-state index < -0.39 is 0 Å². The van der Waals surface area contributed by atoms with E-state index in [0.717, 1.165) is 17.5 Å². The molecule has 1 aromatic heterocycles. The van der Waals surface area contributed by atoms with E-state index in [4.69, 9.17) is 4.74 Å². The van der Waals surface area contributed by atoms with Gasteiger partial charge in [-0.25, -0.2) is 9.97 Å². The fourth-order valence-corrected chi connectivity index (χ4v) is 2.23. The molecule has 20 heavy (non-hydrogen) atoms. The predicted octanol–water partition coefficient (Wildman–Crippen LogP) is 1.23. The van der Waals surface area contributed by atoms with Crippen LogP contribution in [0.25, 0.3) is 0 Å². The van der Waals surface area contributed by atoms with Gasteiger partial charge in [-0.3, -0.25) is 0 Å². The van der Waals surface area contributed by atoms with Gasteiger partial charge >= 0.3 is 0 Å². The van der Waals surface area contributed by atoms with Crippen molar-refractivity contribution in [1.29, 1.82) is 0 Å². The fraction of sp³-hybridized carbons (Fsp3) is 0.714. The number of aromatic nitrogens is 2. The first-order valence-corrected chi connectivity index (χ1v) is 7.11. The Morgan fingerprint density at radius 3 is 2.85 bits per heavy atom. The number of aliphatic hydroxyl groups excluding tert-OH is 1. The summed E-state index contributed by atoms with van der Waals surface area (Å²) in [7, 11) is 1.86. The second kappa shape index (κ2) is 6.37. The van der Waals surface area contributed by atoms with Crippen molar-refractivity contribution in [3.63, 3.8) is 0 Å². The van der Waals surface area contributed by atoms with Crippen LogP contribution in [-0.2, 0) is 4.74 Å². The van der Waals surface area contributed by atoms with Gasteiger partial charge < -0.3 is 20.1 Å². The number of hydrogen-bond acceptors (Lipinski definition) is 6. The van der Waals surface area contributed by atoms with Crippen molar-refractivity contribution in [2.75, 3.05) is 37.0 Å². The zero-order valence-electron chi connectivity index (χ0n) is 12.6. The van der Waals surface area contributed by atoms with Gasteiger partial charge in [-0.15, -0.1) is 0 Å². The molecule has 0 aromatic carbocycles. The van der Waals surface area contributed by atoms with Gasteiger partial charge in [0.05, 0.1) is 25.4 Å². The van der Waals surface area contributed by atoms with Gasteiger partial charge in [-0.2, -0.15) is 0 Å². The van der Waals surface area contributed by atoms with Crippen LogP contribution in [-0.4, -0.2) is 54.0 Å². The molecule has 0 amide bonds. The highest BCUT2D eigenvalue weighted by Crippen LogP contribution is 2.24. The van der Waals surface area contributed by atoms with Crippen LogP contribution < -0.4 is 10.2 Å². The lowest BCUT2D eigenvalue weighted by molar-refractivity contribution is -0.0105. The van der Waals surface area contributed by atoms with Crippen LogP contribution in [0.2, 0.25) is 0 Å². The molecule has 0 spiro atoms. The number of nitrogens with one attached hydrogen (secondary N) is 1. The lowest BCUT2D eigenvalue weighted by atomic mass is 10.2. The number of anilines is 2. The standard InChI is InChI=1S/C14H24N4O2/c1-9(2)14-16-12(15-4)5-13(17-14)18-6-11(7-19)20-8-10(18)3/h5,9-11,19H,6-8H2,1-4H3,(H,15,16,17). The van der Waals surface area contributed by atoms with E-state index in [1.807, 2.05) is 13.1 Å². The smallest absolute Gasteiger partial charge is 0.135 e. The summed E-state index contributed by atoms with van der Waals surface area (Å²) in [5.41, 5.74) is 0. The first kappa shape index (κ1) is 15.0. The van der Waals surface area contributed by atoms with E-state index in [-0.39, 0.29) is 24.7 Å². The molecule has 0 bridgehead atoms. The summed E-state index contributed by atoms with van der Waals surface area (Å²) in [6.07, 6.45) is -0.151. The minimum Gasteiger partial charge on any atom is -0.394 e. The van der Waals surface area contributed by atoms with Crippen molar-refractivity contribution in [2.24, 2.45) is 0 Å². The van der Waals surface area contributed by atoms with Gasteiger partial charge in [0.1, 0.15) is 17.5 Å². The lowest BCUT2D eigenvalue weighted by Crippen LogP contribution is -2.50. The molecule has 2 unspecified atom stereocenters. The monoisotopic (exact) mass is 280 g/mol. The molecule has 2 heterocycles. The summed E-state index contributed by atoms with van der Waals surface area (Å²) in [6, 6.07) is 2.18. The van der Waals surface area contributed by atoms with Gasteiger partial charge in [-0.05, 0) is 6.92 Å². The zero-order valence-corrected chi connectivity index (χ0v) is 12.6. The molecule has 2 atom stereocenters. The second-order valence-corrected chi connectivity index (χ2v) is 5.51. The number of nitrogens with zero attached hydrogens (tertiary/aromatic N) is 3. The van der Waals surface area contributed by atoms with Crippen LogP contribution in [0.4, 0.5) is 11.6 Å². The zero-order chi connectivity index (χ0) is 14.7. The average molecular weight is 280 g/mol.